The molecule has 1 amide bonds. The van der Waals surface area contributed by atoms with Gasteiger partial charge in [0.25, 0.3) is 5.91 Å². The number of fused-ring (bicyclic) bond motifs is 1. The lowest BCUT2D eigenvalue weighted by atomic mass is 10.1. The molecule has 1 atom stereocenters. The second kappa shape index (κ2) is 5.12. The van der Waals surface area contributed by atoms with Crippen molar-refractivity contribution in [3.05, 3.63) is 36.0 Å². The van der Waals surface area contributed by atoms with Crippen LogP contribution in [0, 0.1) is 5.92 Å². The molecule has 1 saturated heterocycles. The topological polar surface area (TPSA) is 45.2 Å². The molecular weight excluding hydrogens is 250 g/mol. The van der Waals surface area contributed by atoms with E-state index < -0.39 is 0 Å². The van der Waals surface area contributed by atoms with Gasteiger partial charge in [-0.15, -0.1) is 0 Å². The normalized spacial score (nSPS) is 18.5. The number of amides is 1. The van der Waals surface area contributed by atoms with E-state index in [1.165, 1.54) is 0 Å². The Labute approximate surface area is 118 Å². The summed E-state index contributed by atoms with van der Waals surface area (Å²) in [6, 6.07) is 9.74. The van der Waals surface area contributed by atoms with Crippen LogP contribution in [0.3, 0.4) is 0 Å². The standard InChI is InChI=1S/C16H19N3O/c1-11-7-8-19(10-11)16(20)15-9-14(17-2)12-5-3-4-6-13(12)18-15/h3-6,9,11H,7-8,10H2,1-2H3,(H,17,18). The fourth-order valence-corrected chi connectivity index (χ4v) is 2.77. The van der Waals surface area contributed by atoms with Crippen molar-refractivity contribution >= 4 is 22.5 Å². The maximum atomic E-state index is 12.5. The number of carbonyl (C=O) groups is 1. The molecule has 0 radical (unpaired) electrons. The number of rotatable bonds is 2. The van der Waals surface area contributed by atoms with E-state index in [0.29, 0.717) is 11.6 Å². The van der Waals surface area contributed by atoms with Crippen LogP contribution in [0.2, 0.25) is 0 Å². The van der Waals surface area contributed by atoms with E-state index in [2.05, 4.69) is 17.2 Å². The van der Waals surface area contributed by atoms with E-state index in [1.54, 1.807) is 0 Å². The first-order valence-corrected chi connectivity index (χ1v) is 7.06. The van der Waals surface area contributed by atoms with Gasteiger partial charge in [-0.25, -0.2) is 4.98 Å². The summed E-state index contributed by atoms with van der Waals surface area (Å²) in [4.78, 5) is 19.0. The summed E-state index contributed by atoms with van der Waals surface area (Å²) in [5.74, 6) is 0.625. The molecule has 1 aromatic carbocycles. The number of nitrogens with one attached hydrogen (secondary N) is 1. The Morgan fingerprint density at radius 3 is 2.90 bits per heavy atom. The average molecular weight is 269 g/mol. The summed E-state index contributed by atoms with van der Waals surface area (Å²) < 4.78 is 0. The molecule has 1 aromatic heterocycles. The molecule has 0 bridgehead atoms. The first-order valence-electron chi connectivity index (χ1n) is 7.06. The fraction of sp³-hybridized carbons (Fsp3) is 0.375. The first-order chi connectivity index (χ1) is 9.69. The average Bonchev–Trinajstić information content (AvgIpc) is 2.91. The fourth-order valence-electron chi connectivity index (χ4n) is 2.77. The van der Waals surface area contributed by atoms with E-state index in [9.17, 15) is 4.79 Å². The van der Waals surface area contributed by atoms with Crippen LogP contribution in [-0.4, -0.2) is 35.9 Å². The van der Waals surface area contributed by atoms with Gasteiger partial charge in [-0.1, -0.05) is 25.1 Å². The second-order valence-electron chi connectivity index (χ2n) is 5.47. The minimum atomic E-state index is 0.0385. The first kappa shape index (κ1) is 12.9. The van der Waals surface area contributed by atoms with Crippen LogP contribution >= 0.6 is 0 Å². The van der Waals surface area contributed by atoms with Gasteiger partial charge < -0.3 is 10.2 Å². The monoisotopic (exact) mass is 269 g/mol. The molecule has 2 aromatic rings. The van der Waals surface area contributed by atoms with Crippen molar-refractivity contribution in [1.29, 1.82) is 0 Å². The molecule has 1 aliphatic heterocycles. The number of hydrogen-bond donors (Lipinski definition) is 1. The molecule has 104 valence electrons. The molecule has 0 aliphatic carbocycles. The van der Waals surface area contributed by atoms with Gasteiger partial charge >= 0.3 is 0 Å². The maximum absolute atomic E-state index is 12.5. The summed E-state index contributed by atoms with van der Waals surface area (Å²) in [6.45, 7) is 3.85. The Bertz CT molecular complexity index is 653. The lowest BCUT2D eigenvalue weighted by Crippen LogP contribution is -2.29. The maximum Gasteiger partial charge on any atom is 0.272 e. The Hall–Kier alpha value is -2.10. The zero-order valence-corrected chi connectivity index (χ0v) is 11.9. The van der Waals surface area contributed by atoms with E-state index in [1.807, 2.05) is 42.3 Å². The van der Waals surface area contributed by atoms with Gasteiger partial charge in [0.15, 0.2) is 0 Å². The Balaban J connectivity index is 2.01. The third-order valence-corrected chi connectivity index (χ3v) is 3.92. The lowest BCUT2D eigenvalue weighted by Gasteiger charge is -2.16. The predicted molar refractivity (Wildman–Crippen MR) is 81.0 cm³/mol. The molecule has 0 saturated carbocycles. The summed E-state index contributed by atoms with van der Waals surface area (Å²) in [6.07, 6.45) is 1.08. The molecule has 3 rings (SSSR count). The van der Waals surface area contributed by atoms with Crippen molar-refractivity contribution in [3.8, 4) is 0 Å². The zero-order valence-electron chi connectivity index (χ0n) is 11.9. The summed E-state index contributed by atoms with van der Waals surface area (Å²) in [5.41, 5.74) is 2.34. The molecule has 1 N–H and O–H groups in total. The third kappa shape index (κ3) is 2.22. The highest BCUT2D eigenvalue weighted by atomic mass is 16.2. The minimum Gasteiger partial charge on any atom is -0.388 e. The molecule has 4 heteroatoms. The molecule has 4 nitrogen and oxygen atoms in total. The number of hydrogen-bond acceptors (Lipinski definition) is 3. The number of carbonyl (C=O) groups excluding carboxylic acids is 1. The van der Waals surface area contributed by atoms with Gasteiger partial charge in [0.2, 0.25) is 0 Å². The highest BCUT2D eigenvalue weighted by Crippen LogP contribution is 2.24. The zero-order chi connectivity index (χ0) is 14.1. The number of pyridine rings is 1. The van der Waals surface area contributed by atoms with Crippen LogP contribution in [0.25, 0.3) is 10.9 Å². The van der Waals surface area contributed by atoms with Crippen molar-refractivity contribution in [1.82, 2.24) is 9.88 Å². The van der Waals surface area contributed by atoms with E-state index in [4.69, 9.17) is 0 Å². The van der Waals surface area contributed by atoms with Crippen LogP contribution < -0.4 is 5.32 Å². The third-order valence-electron chi connectivity index (χ3n) is 3.92. The van der Waals surface area contributed by atoms with Crippen LogP contribution in [0.1, 0.15) is 23.8 Å². The van der Waals surface area contributed by atoms with Crippen LogP contribution in [-0.2, 0) is 0 Å². The number of para-hydroxylation sites is 1. The number of aromatic nitrogens is 1. The van der Waals surface area contributed by atoms with Crippen molar-refractivity contribution in [2.24, 2.45) is 5.92 Å². The molecule has 1 unspecified atom stereocenters. The van der Waals surface area contributed by atoms with Gasteiger partial charge in [0, 0.05) is 31.2 Å². The molecular formula is C16H19N3O. The highest BCUT2D eigenvalue weighted by molar-refractivity contribution is 5.99. The molecule has 0 spiro atoms. The van der Waals surface area contributed by atoms with Crippen molar-refractivity contribution in [2.45, 2.75) is 13.3 Å². The number of anilines is 1. The van der Waals surface area contributed by atoms with E-state index in [-0.39, 0.29) is 5.91 Å². The van der Waals surface area contributed by atoms with Crippen LogP contribution in [0.4, 0.5) is 5.69 Å². The molecule has 20 heavy (non-hydrogen) atoms. The molecule has 1 fully saturated rings. The van der Waals surface area contributed by atoms with Gasteiger partial charge in [-0.05, 0) is 24.5 Å². The molecule has 2 heterocycles. The number of nitrogens with zero attached hydrogens (tertiary/aromatic N) is 2. The van der Waals surface area contributed by atoms with Gasteiger partial charge in [0.05, 0.1) is 5.52 Å². The summed E-state index contributed by atoms with van der Waals surface area (Å²) >= 11 is 0. The summed E-state index contributed by atoms with van der Waals surface area (Å²) in [7, 11) is 1.87. The number of likely N-dealkylation sites (tertiary alicyclic amines) is 1. The Morgan fingerprint density at radius 2 is 2.20 bits per heavy atom. The van der Waals surface area contributed by atoms with Gasteiger partial charge in [-0.2, -0.15) is 0 Å². The van der Waals surface area contributed by atoms with Crippen molar-refractivity contribution in [3.63, 3.8) is 0 Å². The SMILES string of the molecule is CNc1cc(C(=O)N2CCC(C)C2)nc2ccccc12. The second-order valence-corrected chi connectivity index (χ2v) is 5.47. The predicted octanol–water partition coefficient (Wildman–Crippen LogP) is 2.76. The van der Waals surface area contributed by atoms with E-state index in [0.717, 1.165) is 36.1 Å². The van der Waals surface area contributed by atoms with Crippen LogP contribution in [0.5, 0.6) is 0 Å². The van der Waals surface area contributed by atoms with Gasteiger partial charge in [0.1, 0.15) is 5.69 Å². The molecule has 1 aliphatic rings. The van der Waals surface area contributed by atoms with Crippen molar-refractivity contribution in [2.75, 3.05) is 25.5 Å². The van der Waals surface area contributed by atoms with Gasteiger partial charge in [-0.3, -0.25) is 4.79 Å². The highest BCUT2D eigenvalue weighted by Gasteiger charge is 2.25. The largest absolute Gasteiger partial charge is 0.388 e. The quantitative estimate of drug-likeness (QED) is 0.911. The lowest BCUT2D eigenvalue weighted by molar-refractivity contribution is 0.0783. The van der Waals surface area contributed by atoms with Crippen LogP contribution in [0.15, 0.2) is 30.3 Å². The van der Waals surface area contributed by atoms with E-state index >= 15 is 0 Å². The number of benzene rings is 1. The smallest absolute Gasteiger partial charge is 0.272 e. The minimum absolute atomic E-state index is 0.0385. The van der Waals surface area contributed by atoms with Crippen molar-refractivity contribution < 1.29 is 4.79 Å². The Morgan fingerprint density at radius 1 is 1.40 bits per heavy atom. The Kier molecular flexibility index (Phi) is 3.30. The summed E-state index contributed by atoms with van der Waals surface area (Å²) in [5, 5.41) is 4.20.